The van der Waals surface area contributed by atoms with Crippen LogP contribution in [0.15, 0.2) is 24.3 Å². The lowest BCUT2D eigenvalue weighted by Gasteiger charge is -2.16. The number of amides is 2. The Hall–Kier alpha value is -3.20. The van der Waals surface area contributed by atoms with Crippen LogP contribution in [-0.4, -0.2) is 53.0 Å². The molecule has 0 aliphatic carbocycles. The van der Waals surface area contributed by atoms with E-state index in [9.17, 15) is 23.9 Å². The summed E-state index contributed by atoms with van der Waals surface area (Å²) < 4.78 is 17.9. The van der Waals surface area contributed by atoms with E-state index in [1.54, 1.807) is 20.8 Å². The molecule has 0 bridgehead atoms. The standard InChI is InChI=1S/C20H24FN3O5/c1-11-18(13(3)25)12(2)22-19(11)20(28)29-10-17(27)24(4)9-16(26)23-15-7-5-14(21)6-8-15/h5-8,13,22,25H,9-10H2,1-4H3,(H,23,26)/t13-/m1/s1. The van der Waals surface area contributed by atoms with Crippen LogP contribution in [0.3, 0.4) is 0 Å². The highest BCUT2D eigenvalue weighted by Crippen LogP contribution is 2.24. The highest BCUT2D eigenvalue weighted by molar-refractivity contribution is 5.95. The minimum absolute atomic E-state index is 0.169. The molecule has 0 aliphatic heterocycles. The fourth-order valence-corrected chi connectivity index (χ4v) is 2.94. The number of carbonyl (C=O) groups is 3. The number of halogens is 1. The van der Waals surface area contributed by atoms with Crippen LogP contribution >= 0.6 is 0 Å². The van der Waals surface area contributed by atoms with E-state index in [4.69, 9.17) is 4.74 Å². The van der Waals surface area contributed by atoms with Crippen molar-refractivity contribution in [2.45, 2.75) is 26.9 Å². The molecular weight excluding hydrogens is 381 g/mol. The van der Waals surface area contributed by atoms with Gasteiger partial charge in [0.05, 0.1) is 12.6 Å². The Balaban J connectivity index is 1.88. The van der Waals surface area contributed by atoms with Crippen molar-refractivity contribution in [3.05, 3.63) is 52.6 Å². The van der Waals surface area contributed by atoms with E-state index in [1.165, 1.54) is 31.3 Å². The monoisotopic (exact) mass is 405 g/mol. The van der Waals surface area contributed by atoms with Crippen molar-refractivity contribution in [2.75, 3.05) is 25.5 Å². The summed E-state index contributed by atoms with van der Waals surface area (Å²) >= 11 is 0. The summed E-state index contributed by atoms with van der Waals surface area (Å²) in [6, 6.07) is 5.21. The number of aliphatic hydroxyl groups excluding tert-OH is 1. The lowest BCUT2D eigenvalue weighted by atomic mass is 10.1. The Morgan fingerprint density at radius 1 is 1.24 bits per heavy atom. The van der Waals surface area contributed by atoms with Gasteiger partial charge in [-0.25, -0.2) is 9.18 Å². The molecule has 3 N–H and O–H groups in total. The molecule has 0 aliphatic rings. The Kier molecular flexibility index (Phi) is 7.11. The summed E-state index contributed by atoms with van der Waals surface area (Å²) in [5.41, 5.74) is 2.38. The number of benzene rings is 1. The van der Waals surface area contributed by atoms with E-state index in [1.807, 2.05) is 0 Å². The van der Waals surface area contributed by atoms with Crippen LogP contribution in [0.4, 0.5) is 10.1 Å². The van der Waals surface area contributed by atoms with Crippen LogP contribution in [0.2, 0.25) is 0 Å². The van der Waals surface area contributed by atoms with Crippen molar-refractivity contribution in [2.24, 2.45) is 0 Å². The van der Waals surface area contributed by atoms with Gasteiger partial charge in [-0.05, 0) is 50.6 Å². The zero-order chi connectivity index (χ0) is 21.7. The van der Waals surface area contributed by atoms with E-state index in [-0.39, 0.29) is 12.2 Å². The molecule has 0 unspecified atom stereocenters. The molecule has 2 aromatic rings. The minimum Gasteiger partial charge on any atom is -0.451 e. The normalized spacial score (nSPS) is 11.7. The van der Waals surface area contributed by atoms with E-state index < -0.39 is 36.3 Å². The van der Waals surface area contributed by atoms with E-state index in [0.29, 0.717) is 22.5 Å². The zero-order valence-corrected chi connectivity index (χ0v) is 16.7. The van der Waals surface area contributed by atoms with Gasteiger partial charge in [0.25, 0.3) is 5.91 Å². The van der Waals surface area contributed by atoms with Crippen LogP contribution in [0, 0.1) is 19.7 Å². The van der Waals surface area contributed by atoms with E-state index in [2.05, 4.69) is 10.3 Å². The van der Waals surface area contributed by atoms with Gasteiger partial charge in [0.2, 0.25) is 5.91 Å². The third-order valence-corrected chi connectivity index (χ3v) is 4.38. The number of carbonyl (C=O) groups excluding carboxylic acids is 3. The van der Waals surface area contributed by atoms with Crippen LogP contribution in [0.5, 0.6) is 0 Å². The first-order chi connectivity index (χ1) is 13.6. The number of H-pyrrole nitrogens is 1. The molecule has 8 nitrogen and oxygen atoms in total. The topological polar surface area (TPSA) is 112 Å². The van der Waals surface area contributed by atoms with E-state index in [0.717, 1.165) is 4.90 Å². The maximum atomic E-state index is 12.9. The van der Waals surface area contributed by atoms with Gasteiger partial charge in [-0.1, -0.05) is 0 Å². The predicted molar refractivity (Wildman–Crippen MR) is 104 cm³/mol. The molecule has 0 saturated carbocycles. The molecule has 156 valence electrons. The van der Waals surface area contributed by atoms with Gasteiger partial charge in [0.15, 0.2) is 6.61 Å². The molecule has 2 amide bonds. The van der Waals surface area contributed by atoms with Gasteiger partial charge in [0, 0.05) is 24.0 Å². The molecule has 1 aromatic carbocycles. The fraction of sp³-hybridized carbons (Fsp3) is 0.350. The zero-order valence-electron chi connectivity index (χ0n) is 16.7. The second-order valence-corrected chi connectivity index (χ2v) is 6.72. The third kappa shape index (κ3) is 5.64. The molecule has 29 heavy (non-hydrogen) atoms. The quantitative estimate of drug-likeness (QED) is 0.611. The number of hydrogen-bond donors (Lipinski definition) is 3. The van der Waals surface area contributed by atoms with Gasteiger partial charge in [0.1, 0.15) is 11.5 Å². The first-order valence-corrected chi connectivity index (χ1v) is 8.93. The molecule has 0 spiro atoms. The summed E-state index contributed by atoms with van der Waals surface area (Å²) in [4.78, 5) is 40.4. The van der Waals surface area contributed by atoms with E-state index >= 15 is 0 Å². The highest BCUT2D eigenvalue weighted by Gasteiger charge is 2.22. The predicted octanol–water partition coefficient (Wildman–Crippen LogP) is 2.08. The van der Waals surface area contributed by atoms with Gasteiger partial charge >= 0.3 is 5.97 Å². The number of rotatable bonds is 7. The van der Waals surface area contributed by atoms with Crippen LogP contribution < -0.4 is 5.32 Å². The number of aryl methyl sites for hydroxylation is 1. The average molecular weight is 405 g/mol. The Morgan fingerprint density at radius 2 is 1.86 bits per heavy atom. The molecule has 0 fully saturated rings. The van der Waals surface area contributed by atoms with Crippen LogP contribution in [0.25, 0.3) is 0 Å². The van der Waals surface area contributed by atoms with Crippen LogP contribution in [-0.2, 0) is 14.3 Å². The van der Waals surface area contributed by atoms with Gasteiger partial charge in [-0.15, -0.1) is 0 Å². The first-order valence-electron chi connectivity index (χ1n) is 8.93. The highest BCUT2D eigenvalue weighted by atomic mass is 19.1. The number of esters is 1. The Bertz CT molecular complexity index is 906. The number of aromatic nitrogens is 1. The van der Waals surface area contributed by atoms with Gasteiger partial charge in [-0.2, -0.15) is 0 Å². The van der Waals surface area contributed by atoms with Crippen molar-refractivity contribution >= 4 is 23.5 Å². The lowest BCUT2D eigenvalue weighted by molar-refractivity contribution is -0.136. The summed E-state index contributed by atoms with van der Waals surface area (Å²) in [7, 11) is 1.40. The number of likely N-dealkylation sites (N-methyl/N-ethyl adjacent to an activating group) is 1. The van der Waals surface area contributed by atoms with Crippen molar-refractivity contribution in [1.82, 2.24) is 9.88 Å². The molecule has 0 radical (unpaired) electrons. The number of nitrogens with zero attached hydrogens (tertiary/aromatic N) is 1. The molecule has 0 saturated heterocycles. The molecule has 2 rings (SSSR count). The first kappa shape index (κ1) is 22.1. The maximum absolute atomic E-state index is 12.9. The van der Waals surface area contributed by atoms with Crippen molar-refractivity contribution in [1.29, 1.82) is 0 Å². The lowest BCUT2D eigenvalue weighted by Crippen LogP contribution is -2.37. The number of anilines is 1. The molecular formula is C20H24FN3O5. The summed E-state index contributed by atoms with van der Waals surface area (Å²) in [5, 5.41) is 12.3. The number of aromatic amines is 1. The van der Waals surface area contributed by atoms with Gasteiger partial charge in [-0.3, -0.25) is 9.59 Å². The Morgan fingerprint density at radius 3 is 2.41 bits per heavy atom. The Labute approximate surface area is 167 Å². The number of aliphatic hydroxyl groups is 1. The van der Waals surface area contributed by atoms with Crippen molar-refractivity contribution in [3.63, 3.8) is 0 Å². The molecule has 1 heterocycles. The van der Waals surface area contributed by atoms with Crippen molar-refractivity contribution in [3.8, 4) is 0 Å². The third-order valence-electron chi connectivity index (χ3n) is 4.38. The van der Waals surface area contributed by atoms with Crippen LogP contribution in [0.1, 0.15) is 40.3 Å². The number of ether oxygens (including phenoxy) is 1. The summed E-state index contributed by atoms with van der Waals surface area (Å²) in [5.74, 6) is -2.19. The van der Waals surface area contributed by atoms with Crippen molar-refractivity contribution < 1.29 is 28.6 Å². The minimum atomic E-state index is -0.750. The number of hydrogen-bond acceptors (Lipinski definition) is 5. The largest absolute Gasteiger partial charge is 0.451 e. The molecule has 1 atom stereocenters. The van der Waals surface area contributed by atoms with Gasteiger partial charge < -0.3 is 25.0 Å². The maximum Gasteiger partial charge on any atom is 0.355 e. The summed E-state index contributed by atoms with van der Waals surface area (Å²) in [6.45, 7) is 4.19. The second kappa shape index (κ2) is 9.33. The number of nitrogens with one attached hydrogen (secondary N) is 2. The SMILES string of the molecule is Cc1[nH]c(C(=O)OCC(=O)N(C)CC(=O)Nc2ccc(F)cc2)c(C)c1[C@@H](C)O. The summed E-state index contributed by atoms with van der Waals surface area (Å²) in [6.07, 6.45) is -0.750. The smallest absolute Gasteiger partial charge is 0.355 e. The molecule has 1 aromatic heterocycles. The fourth-order valence-electron chi connectivity index (χ4n) is 2.94. The molecule has 9 heteroatoms. The second-order valence-electron chi connectivity index (χ2n) is 6.72. The average Bonchev–Trinajstić information content (AvgIpc) is 2.95.